The smallest absolute Gasteiger partial charge is 0.126 e. The second-order valence-electron chi connectivity index (χ2n) is 5.34. The van der Waals surface area contributed by atoms with Crippen molar-refractivity contribution in [3.8, 4) is 0 Å². The van der Waals surface area contributed by atoms with Crippen molar-refractivity contribution in [2.24, 2.45) is 0 Å². The van der Waals surface area contributed by atoms with Crippen LogP contribution in [0.25, 0.3) is 0 Å². The van der Waals surface area contributed by atoms with Gasteiger partial charge in [-0.2, -0.15) is 0 Å². The van der Waals surface area contributed by atoms with Crippen molar-refractivity contribution in [1.82, 2.24) is 10.3 Å². The number of halogens is 1. The standard InChI is InChI=1S/C18H23FN2/c1-2-11-21-17(8-7-15-9-12-20-13-10-15)14-16-5-3-4-6-18(16)19/h3-6,9-10,12-13,17,21H,2,7-8,11,14H2,1H3. The van der Waals surface area contributed by atoms with Crippen LogP contribution in [0.15, 0.2) is 48.8 Å². The van der Waals surface area contributed by atoms with Crippen LogP contribution in [0.4, 0.5) is 4.39 Å². The third-order valence-corrected chi connectivity index (χ3v) is 3.64. The lowest BCUT2D eigenvalue weighted by Crippen LogP contribution is -2.32. The molecule has 0 bridgehead atoms. The second-order valence-corrected chi connectivity index (χ2v) is 5.34. The first kappa shape index (κ1) is 15.6. The van der Waals surface area contributed by atoms with E-state index in [1.165, 1.54) is 11.6 Å². The number of pyridine rings is 1. The normalized spacial score (nSPS) is 12.3. The lowest BCUT2D eigenvalue weighted by molar-refractivity contribution is 0.468. The molecule has 0 aliphatic heterocycles. The molecule has 2 aromatic rings. The molecule has 0 saturated carbocycles. The molecule has 1 aromatic heterocycles. The number of hydrogen-bond acceptors (Lipinski definition) is 2. The Morgan fingerprint density at radius 3 is 2.62 bits per heavy atom. The van der Waals surface area contributed by atoms with E-state index in [1.54, 1.807) is 6.07 Å². The van der Waals surface area contributed by atoms with Crippen molar-refractivity contribution in [3.63, 3.8) is 0 Å². The van der Waals surface area contributed by atoms with Gasteiger partial charge in [0, 0.05) is 18.4 Å². The lowest BCUT2D eigenvalue weighted by Gasteiger charge is -2.19. The zero-order valence-corrected chi connectivity index (χ0v) is 12.6. The number of benzene rings is 1. The predicted octanol–water partition coefficient (Wildman–Crippen LogP) is 3.76. The van der Waals surface area contributed by atoms with E-state index in [-0.39, 0.29) is 5.82 Å². The Morgan fingerprint density at radius 1 is 1.14 bits per heavy atom. The van der Waals surface area contributed by atoms with E-state index >= 15 is 0 Å². The minimum atomic E-state index is -0.107. The average Bonchev–Trinajstić information content (AvgIpc) is 2.53. The first-order valence-corrected chi connectivity index (χ1v) is 7.65. The summed E-state index contributed by atoms with van der Waals surface area (Å²) in [5.74, 6) is -0.107. The van der Waals surface area contributed by atoms with Crippen LogP contribution in [0, 0.1) is 5.82 Å². The van der Waals surface area contributed by atoms with Gasteiger partial charge >= 0.3 is 0 Å². The minimum Gasteiger partial charge on any atom is -0.314 e. The summed E-state index contributed by atoms with van der Waals surface area (Å²) >= 11 is 0. The molecule has 1 unspecified atom stereocenters. The maximum atomic E-state index is 13.8. The molecule has 1 atom stereocenters. The van der Waals surface area contributed by atoms with E-state index in [0.29, 0.717) is 6.04 Å². The molecule has 1 N–H and O–H groups in total. The molecule has 112 valence electrons. The van der Waals surface area contributed by atoms with Crippen LogP contribution in [-0.4, -0.2) is 17.6 Å². The summed E-state index contributed by atoms with van der Waals surface area (Å²) in [5.41, 5.74) is 2.07. The van der Waals surface area contributed by atoms with Gasteiger partial charge < -0.3 is 5.32 Å². The van der Waals surface area contributed by atoms with E-state index < -0.39 is 0 Å². The second kappa shape index (κ2) is 8.53. The largest absolute Gasteiger partial charge is 0.314 e. The summed E-state index contributed by atoms with van der Waals surface area (Å²) in [6.07, 6.45) is 7.44. The Kier molecular flexibility index (Phi) is 6.35. The molecule has 0 saturated heterocycles. The Morgan fingerprint density at radius 2 is 1.90 bits per heavy atom. The lowest BCUT2D eigenvalue weighted by atomic mass is 9.99. The van der Waals surface area contributed by atoms with Gasteiger partial charge in [0.2, 0.25) is 0 Å². The van der Waals surface area contributed by atoms with Gasteiger partial charge in [-0.25, -0.2) is 4.39 Å². The van der Waals surface area contributed by atoms with Crippen LogP contribution in [0.3, 0.4) is 0 Å². The molecular weight excluding hydrogens is 263 g/mol. The molecule has 0 radical (unpaired) electrons. The maximum absolute atomic E-state index is 13.8. The van der Waals surface area contributed by atoms with Crippen molar-refractivity contribution in [2.75, 3.05) is 6.54 Å². The molecule has 21 heavy (non-hydrogen) atoms. The fourth-order valence-corrected chi connectivity index (χ4v) is 2.44. The molecule has 0 aliphatic rings. The quantitative estimate of drug-likeness (QED) is 0.799. The van der Waals surface area contributed by atoms with Gasteiger partial charge in [-0.3, -0.25) is 4.98 Å². The van der Waals surface area contributed by atoms with E-state index in [1.807, 2.05) is 36.7 Å². The zero-order valence-electron chi connectivity index (χ0n) is 12.6. The highest BCUT2D eigenvalue weighted by Gasteiger charge is 2.11. The van der Waals surface area contributed by atoms with Crippen LogP contribution in [-0.2, 0) is 12.8 Å². The first-order valence-electron chi connectivity index (χ1n) is 7.65. The molecule has 0 amide bonds. The van der Waals surface area contributed by atoms with Gasteiger partial charge in [-0.15, -0.1) is 0 Å². The molecule has 1 aromatic carbocycles. The van der Waals surface area contributed by atoms with E-state index in [0.717, 1.165) is 37.8 Å². The monoisotopic (exact) mass is 286 g/mol. The highest BCUT2D eigenvalue weighted by Crippen LogP contribution is 2.13. The van der Waals surface area contributed by atoms with Gasteiger partial charge in [-0.1, -0.05) is 25.1 Å². The van der Waals surface area contributed by atoms with Crippen molar-refractivity contribution in [2.45, 2.75) is 38.6 Å². The fraction of sp³-hybridized carbons (Fsp3) is 0.389. The van der Waals surface area contributed by atoms with Crippen LogP contribution in [0.5, 0.6) is 0 Å². The van der Waals surface area contributed by atoms with Gasteiger partial charge in [0.15, 0.2) is 0 Å². The summed E-state index contributed by atoms with van der Waals surface area (Å²) in [4.78, 5) is 4.04. The van der Waals surface area contributed by atoms with E-state index in [9.17, 15) is 4.39 Å². The van der Waals surface area contributed by atoms with Crippen LogP contribution in [0.2, 0.25) is 0 Å². The number of nitrogens with zero attached hydrogens (tertiary/aromatic N) is 1. The highest BCUT2D eigenvalue weighted by atomic mass is 19.1. The van der Waals surface area contributed by atoms with Gasteiger partial charge in [0.1, 0.15) is 5.82 Å². The Bertz CT molecular complexity index is 528. The number of nitrogens with one attached hydrogen (secondary N) is 1. The molecule has 0 spiro atoms. The van der Waals surface area contributed by atoms with E-state index in [4.69, 9.17) is 0 Å². The van der Waals surface area contributed by atoms with Gasteiger partial charge in [0.05, 0.1) is 0 Å². The third-order valence-electron chi connectivity index (χ3n) is 3.64. The van der Waals surface area contributed by atoms with Crippen molar-refractivity contribution in [3.05, 3.63) is 65.7 Å². The fourth-order valence-electron chi connectivity index (χ4n) is 2.44. The van der Waals surface area contributed by atoms with Gasteiger partial charge in [-0.05, 0) is 61.6 Å². The maximum Gasteiger partial charge on any atom is 0.126 e. The van der Waals surface area contributed by atoms with Crippen LogP contribution in [0.1, 0.15) is 30.9 Å². The molecule has 2 rings (SSSR count). The zero-order chi connectivity index (χ0) is 14.9. The molecule has 2 nitrogen and oxygen atoms in total. The van der Waals surface area contributed by atoms with Crippen molar-refractivity contribution in [1.29, 1.82) is 0 Å². The van der Waals surface area contributed by atoms with Crippen molar-refractivity contribution >= 4 is 0 Å². The average molecular weight is 286 g/mol. The summed E-state index contributed by atoms with van der Waals surface area (Å²) in [5, 5.41) is 3.53. The third kappa shape index (κ3) is 5.27. The Labute approximate surface area is 126 Å². The predicted molar refractivity (Wildman–Crippen MR) is 84.7 cm³/mol. The summed E-state index contributed by atoms with van der Waals surface area (Å²) < 4.78 is 13.8. The van der Waals surface area contributed by atoms with Crippen LogP contribution < -0.4 is 5.32 Å². The SMILES string of the molecule is CCCNC(CCc1ccncc1)Cc1ccccc1F. The topological polar surface area (TPSA) is 24.9 Å². The van der Waals surface area contributed by atoms with Crippen molar-refractivity contribution < 1.29 is 4.39 Å². The number of rotatable bonds is 8. The minimum absolute atomic E-state index is 0.107. The molecule has 0 fully saturated rings. The number of hydrogen-bond donors (Lipinski definition) is 1. The molecular formula is C18H23FN2. The number of aryl methyl sites for hydroxylation is 1. The summed E-state index contributed by atoms with van der Waals surface area (Å²) in [7, 11) is 0. The molecule has 0 aliphatic carbocycles. The summed E-state index contributed by atoms with van der Waals surface area (Å²) in [6, 6.07) is 11.4. The van der Waals surface area contributed by atoms with Crippen LogP contribution >= 0.6 is 0 Å². The number of aromatic nitrogens is 1. The molecule has 3 heteroatoms. The first-order chi connectivity index (χ1) is 10.3. The van der Waals surface area contributed by atoms with E-state index in [2.05, 4.69) is 17.2 Å². The highest BCUT2D eigenvalue weighted by molar-refractivity contribution is 5.18. The Hall–Kier alpha value is -1.74. The Balaban J connectivity index is 1.96. The van der Waals surface area contributed by atoms with Gasteiger partial charge in [0.25, 0.3) is 0 Å². The molecule has 1 heterocycles. The summed E-state index contributed by atoms with van der Waals surface area (Å²) in [6.45, 7) is 3.12.